The van der Waals surface area contributed by atoms with Crippen LogP contribution in [0.1, 0.15) is 13.8 Å². The SMILES string of the molecule is CC1=C2C=NN=CC2C(C)C=C1. The maximum atomic E-state index is 3.92. The highest BCUT2D eigenvalue weighted by molar-refractivity contribution is 5.90. The molecule has 0 N–H and O–H groups in total. The molecule has 0 spiro atoms. The number of fused-ring (bicyclic) bond motifs is 1. The minimum Gasteiger partial charge on any atom is -0.163 e. The Kier molecular flexibility index (Phi) is 1.68. The molecule has 0 aromatic rings. The van der Waals surface area contributed by atoms with E-state index in [0.717, 1.165) is 0 Å². The molecule has 0 fully saturated rings. The van der Waals surface area contributed by atoms with Gasteiger partial charge in [-0.1, -0.05) is 19.1 Å². The summed E-state index contributed by atoms with van der Waals surface area (Å²) in [6.45, 7) is 4.33. The second-order valence-corrected chi connectivity index (χ2v) is 3.39. The molecule has 1 heterocycles. The van der Waals surface area contributed by atoms with Crippen molar-refractivity contribution in [2.45, 2.75) is 13.8 Å². The van der Waals surface area contributed by atoms with Crippen LogP contribution in [-0.2, 0) is 0 Å². The molecule has 2 heteroatoms. The van der Waals surface area contributed by atoms with Crippen LogP contribution in [0.4, 0.5) is 0 Å². The van der Waals surface area contributed by atoms with E-state index in [1.807, 2.05) is 12.4 Å². The zero-order chi connectivity index (χ0) is 8.55. The standard InChI is InChI=1S/C10H12N2/c1-7-3-4-8(2)10-6-12-11-5-9(7)10/h3-7,9H,1-2H3. The van der Waals surface area contributed by atoms with Crippen LogP contribution in [0.3, 0.4) is 0 Å². The Bertz CT molecular complexity index is 308. The Balaban J connectivity index is 2.44. The summed E-state index contributed by atoms with van der Waals surface area (Å²) >= 11 is 0. The summed E-state index contributed by atoms with van der Waals surface area (Å²) in [5.74, 6) is 1.01. The van der Waals surface area contributed by atoms with Gasteiger partial charge in [-0.25, -0.2) is 0 Å². The van der Waals surface area contributed by atoms with Crippen LogP contribution >= 0.6 is 0 Å². The molecule has 62 valence electrons. The van der Waals surface area contributed by atoms with Crippen LogP contribution in [0.15, 0.2) is 33.5 Å². The minimum absolute atomic E-state index is 0.451. The molecule has 1 aliphatic carbocycles. The fraction of sp³-hybridized carbons (Fsp3) is 0.400. The van der Waals surface area contributed by atoms with Crippen LogP contribution in [0, 0.1) is 11.8 Å². The molecule has 0 saturated carbocycles. The second kappa shape index (κ2) is 2.70. The molecule has 0 aromatic carbocycles. The Morgan fingerprint density at radius 1 is 1.33 bits per heavy atom. The van der Waals surface area contributed by atoms with Crippen molar-refractivity contribution in [3.63, 3.8) is 0 Å². The van der Waals surface area contributed by atoms with Crippen molar-refractivity contribution in [3.05, 3.63) is 23.3 Å². The minimum atomic E-state index is 0.451. The second-order valence-electron chi connectivity index (χ2n) is 3.39. The average Bonchev–Trinajstić information content (AvgIpc) is 2.12. The third-order valence-corrected chi connectivity index (χ3v) is 2.52. The number of nitrogens with zero attached hydrogens (tertiary/aromatic N) is 2. The van der Waals surface area contributed by atoms with Crippen molar-refractivity contribution >= 4 is 12.4 Å². The van der Waals surface area contributed by atoms with E-state index in [0.29, 0.717) is 11.8 Å². The molecule has 0 amide bonds. The van der Waals surface area contributed by atoms with Gasteiger partial charge in [0, 0.05) is 12.1 Å². The van der Waals surface area contributed by atoms with Gasteiger partial charge in [0.25, 0.3) is 0 Å². The molecule has 12 heavy (non-hydrogen) atoms. The van der Waals surface area contributed by atoms with E-state index in [1.54, 1.807) is 0 Å². The lowest BCUT2D eigenvalue weighted by molar-refractivity contribution is 0.622. The Morgan fingerprint density at radius 3 is 2.92 bits per heavy atom. The lowest BCUT2D eigenvalue weighted by Crippen LogP contribution is -2.20. The highest BCUT2D eigenvalue weighted by atomic mass is 15.2. The summed E-state index contributed by atoms with van der Waals surface area (Å²) in [5, 5.41) is 7.82. The first-order valence-electron chi connectivity index (χ1n) is 4.24. The van der Waals surface area contributed by atoms with Gasteiger partial charge in [0.2, 0.25) is 0 Å². The van der Waals surface area contributed by atoms with Crippen molar-refractivity contribution in [3.8, 4) is 0 Å². The maximum Gasteiger partial charge on any atom is 0.0536 e. The fourth-order valence-electron chi connectivity index (χ4n) is 1.67. The van der Waals surface area contributed by atoms with E-state index < -0.39 is 0 Å². The summed E-state index contributed by atoms with van der Waals surface area (Å²) in [6.07, 6.45) is 8.21. The number of rotatable bonds is 0. The van der Waals surface area contributed by atoms with Gasteiger partial charge >= 0.3 is 0 Å². The van der Waals surface area contributed by atoms with Gasteiger partial charge in [0.05, 0.1) is 6.21 Å². The molecule has 0 bridgehead atoms. The monoisotopic (exact) mass is 160 g/mol. The van der Waals surface area contributed by atoms with Gasteiger partial charge in [0.1, 0.15) is 0 Å². The lowest BCUT2D eigenvalue weighted by atomic mass is 9.81. The predicted molar refractivity (Wildman–Crippen MR) is 51.5 cm³/mol. The molecule has 0 radical (unpaired) electrons. The summed E-state index contributed by atoms with van der Waals surface area (Å²) in [4.78, 5) is 0. The van der Waals surface area contributed by atoms with E-state index in [1.165, 1.54) is 11.1 Å². The van der Waals surface area contributed by atoms with Crippen LogP contribution in [0.5, 0.6) is 0 Å². The summed E-state index contributed by atoms with van der Waals surface area (Å²) < 4.78 is 0. The maximum absolute atomic E-state index is 3.92. The number of hydrogen-bond donors (Lipinski definition) is 0. The third kappa shape index (κ3) is 1.04. The van der Waals surface area contributed by atoms with Crippen LogP contribution in [-0.4, -0.2) is 12.4 Å². The zero-order valence-electron chi connectivity index (χ0n) is 7.36. The van der Waals surface area contributed by atoms with Crippen molar-refractivity contribution in [1.29, 1.82) is 0 Å². The highest BCUT2D eigenvalue weighted by Gasteiger charge is 2.22. The molecule has 2 aliphatic rings. The van der Waals surface area contributed by atoms with Crippen LogP contribution in [0.25, 0.3) is 0 Å². The topological polar surface area (TPSA) is 24.7 Å². The molecule has 2 rings (SSSR count). The zero-order valence-corrected chi connectivity index (χ0v) is 7.36. The first-order valence-corrected chi connectivity index (χ1v) is 4.24. The smallest absolute Gasteiger partial charge is 0.0536 e. The van der Waals surface area contributed by atoms with E-state index in [4.69, 9.17) is 0 Å². The van der Waals surface area contributed by atoms with E-state index in [-0.39, 0.29) is 0 Å². The number of allylic oxidation sites excluding steroid dienone is 4. The molecule has 2 atom stereocenters. The summed E-state index contributed by atoms with van der Waals surface area (Å²) in [6, 6.07) is 0. The van der Waals surface area contributed by atoms with Gasteiger partial charge in [-0.2, -0.15) is 10.2 Å². The van der Waals surface area contributed by atoms with E-state index in [2.05, 4.69) is 36.2 Å². The Morgan fingerprint density at radius 2 is 2.17 bits per heavy atom. The molecule has 2 nitrogen and oxygen atoms in total. The first kappa shape index (κ1) is 7.47. The molecule has 2 unspecified atom stereocenters. The normalized spacial score (nSPS) is 32.5. The van der Waals surface area contributed by atoms with Crippen molar-refractivity contribution in [1.82, 2.24) is 0 Å². The lowest BCUT2D eigenvalue weighted by Gasteiger charge is -2.24. The van der Waals surface area contributed by atoms with Crippen LogP contribution in [0.2, 0.25) is 0 Å². The summed E-state index contributed by atoms with van der Waals surface area (Å²) in [7, 11) is 0. The molecule has 0 saturated heterocycles. The van der Waals surface area contributed by atoms with Crippen molar-refractivity contribution in [2.24, 2.45) is 22.0 Å². The molecule has 0 aromatic heterocycles. The van der Waals surface area contributed by atoms with Crippen molar-refractivity contribution < 1.29 is 0 Å². The van der Waals surface area contributed by atoms with Gasteiger partial charge in [-0.15, -0.1) is 0 Å². The quantitative estimate of drug-likeness (QED) is 0.519. The first-order chi connectivity index (χ1) is 5.79. The van der Waals surface area contributed by atoms with Gasteiger partial charge < -0.3 is 0 Å². The van der Waals surface area contributed by atoms with Gasteiger partial charge in [-0.05, 0) is 24.0 Å². The Labute approximate surface area is 72.4 Å². The Hall–Kier alpha value is -1.18. The fourth-order valence-corrected chi connectivity index (χ4v) is 1.67. The highest BCUT2D eigenvalue weighted by Crippen LogP contribution is 2.28. The third-order valence-electron chi connectivity index (χ3n) is 2.52. The molecular formula is C10H12N2. The predicted octanol–water partition coefficient (Wildman–Crippen LogP) is 2.20. The van der Waals surface area contributed by atoms with E-state index in [9.17, 15) is 0 Å². The largest absolute Gasteiger partial charge is 0.163 e. The molecule has 1 aliphatic heterocycles. The van der Waals surface area contributed by atoms with E-state index >= 15 is 0 Å². The average molecular weight is 160 g/mol. The van der Waals surface area contributed by atoms with Crippen molar-refractivity contribution in [2.75, 3.05) is 0 Å². The van der Waals surface area contributed by atoms with Gasteiger partial charge in [0.15, 0.2) is 0 Å². The summed E-state index contributed by atoms with van der Waals surface area (Å²) in [5.41, 5.74) is 2.63. The van der Waals surface area contributed by atoms with Gasteiger partial charge in [-0.3, -0.25) is 0 Å². The van der Waals surface area contributed by atoms with Crippen LogP contribution < -0.4 is 0 Å². The molecular weight excluding hydrogens is 148 g/mol. The number of hydrogen-bond acceptors (Lipinski definition) is 2.